The molecule has 2 N–H and O–H groups in total. The summed E-state index contributed by atoms with van der Waals surface area (Å²) >= 11 is 6.08. The SMILES string of the molecule is NC1CCCCc2cn(Cc3ccc(F)cc3Cl)cc21. The Morgan fingerprint density at radius 1 is 1.30 bits per heavy atom. The molecule has 1 unspecified atom stereocenters. The van der Waals surface area contributed by atoms with Crippen molar-refractivity contribution in [1.29, 1.82) is 0 Å². The van der Waals surface area contributed by atoms with Crippen molar-refractivity contribution >= 4 is 11.6 Å². The Morgan fingerprint density at radius 3 is 2.95 bits per heavy atom. The third kappa shape index (κ3) is 2.74. The van der Waals surface area contributed by atoms with E-state index in [1.165, 1.54) is 36.1 Å². The minimum absolute atomic E-state index is 0.137. The van der Waals surface area contributed by atoms with Gasteiger partial charge in [-0.05, 0) is 48.1 Å². The minimum atomic E-state index is -0.302. The van der Waals surface area contributed by atoms with Gasteiger partial charge < -0.3 is 10.3 Å². The summed E-state index contributed by atoms with van der Waals surface area (Å²) in [5.74, 6) is -0.302. The van der Waals surface area contributed by atoms with Crippen LogP contribution in [0, 0.1) is 5.82 Å². The number of fused-ring (bicyclic) bond motifs is 1. The van der Waals surface area contributed by atoms with Crippen LogP contribution in [0.2, 0.25) is 5.02 Å². The monoisotopic (exact) mass is 292 g/mol. The van der Waals surface area contributed by atoms with Crippen molar-refractivity contribution < 1.29 is 4.39 Å². The first-order valence-electron chi connectivity index (χ1n) is 7.01. The molecule has 1 aliphatic carbocycles. The average molecular weight is 293 g/mol. The van der Waals surface area contributed by atoms with Crippen molar-refractivity contribution in [2.75, 3.05) is 0 Å². The van der Waals surface area contributed by atoms with Gasteiger partial charge in [-0.2, -0.15) is 0 Å². The molecule has 106 valence electrons. The lowest BCUT2D eigenvalue weighted by atomic mass is 10.1. The molecule has 0 radical (unpaired) electrons. The summed E-state index contributed by atoms with van der Waals surface area (Å²) in [4.78, 5) is 0. The summed E-state index contributed by atoms with van der Waals surface area (Å²) in [5, 5.41) is 0.471. The fourth-order valence-corrected chi connectivity index (χ4v) is 3.12. The minimum Gasteiger partial charge on any atom is -0.349 e. The van der Waals surface area contributed by atoms with E-state index >= 15 is 0 Å². The second-order valence-electron chi connectivity index (χ2n) is 5.50. The van der Waals surface area contributed by atoms with Gasteiger partial charge in [0.15, 0.2) is 0 Å². The van der Waals surface area contributed by atoms with Crippen LogP contribution in [0.1, 0.15) is 42.0 Å². The smallest absolute Gasteiger partial charge is 0.124 e. The van der Waals surface area contributed by atoms with Gasteiger partial charge in [0.05, 0.1) is 0 Å². The van der Waals surface area contributed by atoms with Crippen molar-refractivity contribution in [2.24, 2.45) is 5.73 Å². The summed E-state index contributed by atoms with van der Waals surface area (Å²) in [7, 11) is 0. The molecule has 0 spiro atoms. The van der Waals surface area contributed by atoms with Gasteiger partial charge in [0, 0.05) is 30.0 Å². The molecule has 0 bridgehead atoms. The third-order valence-electron chi connectivity index (χ3n) is 3.98. The van der Waals surface area contributed by atoms with Crippen LogP contribution < -0.4 is 5.73 Å². The Balaban J connectivity index is 1.87. The lowest BCUT2D eigenvalue weighted by molar-refractivity contribution is 0.609. The summed E-state index contributed by atoms with van der Waals surface area (Å²) in [6.45, 7) is 0.652. The third-order valence-corrected chi connectivity index (χ3v) is 4.33. The molecule has 1 aromatic carbocycles. The van der Waals surface area contributed by atoms with Gasteiger partial charge in [-0.15, -0.1) is 0 Å². The summed E-state index contributed by atoms with van der Waals surface area (Å²) in [5.41, 5.74) is 9.73. The van der Waals surface area contributed by atoms with Crippen LogP contribution in [-0.4, -0.2) is 4.57 Å². The fourth-order valence-electron chi connectivity index (χ4n) is 2.89. The predicted molar refractivity (Wildman–Crippen MR) is 79.4 cm³/mol. The van der Waals surface area contributed by atoms with Gasteiger partial charge in [-0.25, -0.2) is 4.39 Å². The highest BCUT2D eigenvalue weighted by Gasteiger charge is 2.17. The first kappa shape index (κ1) is 13.7. The summed E-state index contributed by atoms with van der Waals surface area (Å²) in [6.07, 6.45) is 8.80. The summed E-state index contributed by atoms with van der Waals surface area (Å²) in [6, 6.07) is 4.68. The molecule has 1 heterocycles. The molecule has 0 aliphatic heterocycles. The normalized spacial score (nSPS) is 18.6. The van der Waals surface area contributed by atoms with E-state index in [2.05, 4.69) is 17.0 Å². The molecular formula is C16H18ClFN2. The highest BCUT2D eigenvalue weighted by atomic mass is 35.5. The first-order valence-corrected chi connectivity index (χ1v) is 7.39. The Bertz CT molecular complexity index is 621. The van der Waals surface area contributed by atoms with E-state index in [0.29, 0.717) is 11.6 Å². The zero-order valence-corrected chi connectivity index (χ0v) is 12.0. The van der Waals surface area contributed by atoms with E-state index in [0.717, 1.165) is 18.4 Å². The molecule has 1 aromatic heterocycles. The maximum absolute atomic E-state index is 13.1. The molecule has 1 atom stereocenters. The van der Waals surface area contributed by atoms with Crippen LogP contribution in [0.3, 0.4) is 0 Å². The molecular weight excluding hydrogens is 275 g/mol. The Labute approximate surface area is 123 Å². The molecule has 2 nitrogen and oxygen atoms in total. The van der Waals surface area contributed by atoms with Crippen molar-refractivity contribution in [3.63, 3.8) is 0 Å². The van der Waals surface area contributed by atoms with E-state index < -0.39 is 0 Å². The van der Waals surface area contributed by atoms with E-state index in [1.54, 1.807) is 6.07 Å². The van der Waals surface area contributed by atoms with Crippen LogP contribution in [0.4, 0.5) is 4.39 Å². The second-order valence-corrected chi connectivity index (χ2v) is 5.91. The topological polar surface area (TPSA) is 30.9 Å². The Hall–Kier alpha value is -1.32. The van der Waals surface area contributed by atoms with Crippen molar-refractivity contribution in [2.45, 2.75) is 38.3 Å². The number of aryl methyl sites for hydroxylation is 1. The Kier molecular flexibility index (Phi) is 3.81. The van der Waals surface area contributed by atoms with E-state index in [9.17, 15) is 4.39 Å². The summed E-state index contributed by atoms with van der Waals surface area (Å²) < 4.78 is 15.2. The molecule has 2 aromatic rings. The lowest BCUT2D eigenvalue weighted by Crippen LogP contribution is -2.09. The molecule has 0 saturated heterocycles. The van der Waals surface area contributed by atoms with Crippen molar-refractivity contribution in [3.8, 4) is 0 Å². The van der Waals surface area contributed by atoms with Crippen LogP contribution in [0.25, 0.3) is 0 Å². The van der Waals surface area contributed by atoms with Crippen LogP contribution in [-0.2, 0) is 13.0 Å². The first-order chi connectivity index (χ1) is 9.63. The number of rotatable bonds is 2. The standard InChI is InChI=1S/C16H18ClFN2/c17-15-7-13(18)6-5-12(15)9-20-8-11-3-1-2-4-16(19)14(11)10-20/h5-8,10,16H,1-4,9,19H2. The van der Waals surface area contributed by atoms with Gasteiger partial charge in [0.1, 0.15) is 5.82 Å². The second kappa shape index (κ2) is 5.58. The zero-order chi connectivity index (χ0) is 14.1. The molecule has 3 rings (SSSR count). The molecule has 0 amide bonds. The average Bonchev–Trinajstić information content (AvgIpc) is 2.73. The van der Waals surface area contributed by atoms with Gasteiger partial charge in [-0.1, -0.05) is 24.1 Å². The van der Waals surface area contributed by atoms with E-state index in [-0.39, 0.29) is 11.9 Å². The largest absolute Gasteiger partial charge is 0.349 e. The predicted octanol–water partition coefficient (Wildman–Crippen LogP) is 4.06. The number of benzene rings is 1. The molecule has 20 heavy (non-hydrogen) atoms. The van der Waals surface area contributed by atoms with Crippen molar-refractivity contribution in [3.05, 3.63) is 58.1 Å². The zero-order valence-electron chi connectivity index (χ0n) is 11.3. The number of aromatic nitrogens is 1. The van der Waals surface area contributed by atoms with Gasteiger partial charge in [-0.3, -0.25) is 0 Å². The maximum atomic E-state index is 13.1. The molecule has 0 saturated carbocycles. The number of nitrogens with zero attached hydrogens (tertiary/aromatic N) is 1. The van der Waals surface area contributed by atoms with Crippen LogP contribution in [0.15, 0.2) is 30.6 Å². The van der Waals surface area contributed by atoms with Crippen LogP contribution >= 0.6 is 11.6 Å². The van der Waals surface area contributed by atoms with E-state index in [1.807, 2.05) is 0 Å². The number of hydrogen-bond donors (Lipinski definition) is 1. The highest BCUT2D eigenvalue weighted by Crippen LogP contribution is 2.28. The van der Waals surface area contributed by atoms with Crippen LogP contribution in [0.5, 0.6) is 0 Å². The van der Waals surface area contributed by atoms with Gasteiger partial charge in [0.2, 0.25) is 0 Å². The van der Waals surface area contributed by atoms with E-state index in [4.69, 9.17) is 17.3 Å². The lowest BCUT2D eigenvalue weighted by Gasteiger charge is -2.08. The maximum Gasteiger partial charge on any atom is 0.124 e. The van der Waals surface area contributed by atoms with Crippen molar-refractivity contribution in [1.82, 2.24) is 4.57 Å². The quantitative estimate of drug-likeness (QED) is 0.832. The molecule has 0 fully saturated rings. The number of hydrogen-bond acceptors (Lipinski definition) is 1. The van der Waals surface area contributed by atoms with Gasteiger partial charge >= 0.3 is 0 Å². The fraction of sp³-hybridized carbons (Fsp3) is 0.375. The Morgan fingerprint density at radius 2 is 2.15 bits per heavy atom. The molecule has 1 aliphatic rings. The number of halogens is 2. The highest BCUT2D eigenvalue weighted by molar-refractivity contribution is 6.31. The molecule has 4 heteroatoms. The number of nitrogens with two attached hydrogens (primary N) is 1. The van der Waals surface area contributed by atoms with Gasteiger partial charge in [0.25, 0.3) is 0 Å².